The van der Waals surface area contributed by atoms with Gasteiger partial charge in [-0.3, -0.25) is 4.98 Å². The molecule has 1 aromatic heterocycles. The highest BCUT2D eigenvalue weighted by atomic mass is 35.5. The number of anilines is 1. The fraction of sp³-hybridized carbons (Fsp3) is 0.267. The molecule has 1 heterocycles. The first-order valence-corrected chi connectivity index (χ1v) is 6.68. The second kappa shape index (κ2) is 6.55. The molecule has 0 fully saturated rings. The van der Waals surface area contributed by atoms with Gasteiger partial charge < -0.3 is 10.6 Å². The maximum Gasteiger partial charge on any atom is 0.0598 e. The number of pyridine rings is 1. The van der Waals surface area contributed by atoms with Gasteiger partial charge in [-0.05, 0) is 48.9 Å². The highest BCUT2D eigenvalue weighted by molar-refractivity contribution is 6.30. The predicted octanol–water partition coefficient (Wildman–Crippen LogP) is 2.87. The zero-order valence-corrected chi connectivity index (χ0v) is 11.8. The van der Waals surface area contributed by atoms with Crippen molar-refractivity contribution < 1.29 is 0 Å². The fourth-order valence-electron chi connectivity index (χ4n) is 2.10. The predicted molar refractivity (Wildman–Crippen MR) is 80.6 cm³/mol. The van der Waals surface area contributed by atoms with Crippen LogP contribution in [0.3, 0.4) is 0 Å². The topological polar surface area (TPSA) is 42.2 Å². The van der Waals surface area contributed by atoms with E-state index >= 15 is 0 Å². The molecule has 0 atom stereocenters. The number of hydrogen-bond acceptors (Lipinski definition) is 3. The highest BCUT2D eigenvalue weighted by Gasteiger charge is 2.08. The minimum Gasteiger partial charge on any atom is -0.368 e. The van der Waals surface area contributed by atoms with Gasteiger partial charge in [0.1, 0.15) is 0 Å². The van der Waals surface area contributed by atoms with Crippen LogP contribution in [0, 0.1) is 0 Å². The molecule has 0 saturated heterocycles. The molecule has 0 spiro atoms. The quantitative estimate of drug-likeness (QED) is 0.912. The normalized spacial score (nSPS) is 10.5. The summed E-state index contributed by atoms with van der Waals surface area (Å²) in [6.45, 7) is 1.38. The molecule has 0 aliphatic rings. The Kier molecular flexibility index (Phi) is 4.77. The standard InChI is InChI=1S/C15H18ClN3/c1-19(11-14-4-2-3-9-18-14)15-6-5-13(16)10-12(15)7-8-17/h2-6,9-10H,7-8,11,17H2,1H3. The third-order valence-electron chi connectivity index (χ3n) is 2.99. The molecule has 2 N–H and O–H groups in total. The Balaban J connectivity index is 2.20. The van der Waals surface area contributed by atoms with Crippen molar-refractivity contribution in [1.82, 2.24) is 4.98 Å². The molecular formula is C15H18ClN3. The minimum absolute atomic E-state index is 0.616. The molecule has 2 aromatic rings. The Morgan fingerprint density at radius 3 is 2.79 bits per heavy atom. The summed E-state index contributed by atoms with van der Waals surface area (Å²) < 4.78 is 0. The minimum atomic E-state index is 0.616. The van der Waals surface area contributed by atoms with E-state index in [1.165, 1.54) is 5.56 Å². The van der Waals surface area contributed by atoms with Crippen molar-refractivity contribution in [2.24, 2.45) is 5.73 Å². The van der Waals surface area contributed by atoms with Crippen LogP contribution in [0.2, 0.25) is 5.02 Å². The molecule has 0 saturated carbocycles. The van der Waals surface area contributed by atoms with E-state index in [1.54, 1.807) is 0 Å². The van der Waals surface area contributed by atoms with E-state index in [9.17, 15) is 0 Å². The van der Waals surface area contributed by atoms with E-state index in [-0.39, 0.29) is 0 Å². The molecule has 19 heavy (non-hydrogen) atoms. The summed E-state index contributed by atoms with van der Waals surface area (Å²) in [6, 6.07) is 11.9. The first-order chi connectivity index (χ1) is 9.20. The first kappa shape index (κ1) is 13.8. The van der Waals surface area contributed by atoms with Crippen molar-refractivity contribution >= 4 is 17.3 Å². The zero-order valence-electron chi connectivity index (χ0n) is 11.0. The van der Waals surface area contributed by atoms with Gasteiger partial charge in [-0.15, -0.1) is 0 Å². The Labute approximate surface area is 119 Å². The van der Waals surface area contributed by atoms with Gasteiger partial charge >= 0.3 is 0 Å². The third-order valence-corrected chi connectivity index (χ3v) is 3.23. The van der Waals surface area contributed by atoms with Crippen LogP contribution >= 0.6 is 11.6 Å². The number of aromatic nitrogens is 1. The van der Waals surface area contributed by atoms with Crippen LogP contribution < -0.4 is 10.6 Å². The Morgan fingerprint density at radius 2 is 2.11 bits per heavy atom. The van der Waals surface area contributed by atoms with Gasteiger partial charge in [0.25, 0.3) is 0 Å². The summed E-state index contributed by atoms with van der Waals surface area (Å²) in [5, 5.41) is 0.749. The van der Waals surface area contributed by atoms with E-state index in [4.69, 9.17) is 17.3 Å². The van der Waals surface area contributed by atoms with Gasteiger partial charge in [-0.1, -0.05) is 17.7 Å². The van der Waals surface area contributed by atoms with Crippen LogP contribution in [0.5, 0.6) is 0 Å². The fourth-order valence-corrected chi connectivity index (χ4v) is 2.30. The van der Waals surface area contributed by atoms with Crippen LogP contribution in [0.4, 0.5) is 5.69 Å². The summed E-state index contributed by atoms with van der Waals surface area (Å²) in [5.74, 6) is 0. The van der Waals surface area contributed by atoms with E-state index in [2.05, 4.69) is 16.9 Å². The largest absolute Gasteiger partial charge is 0.368 e. The molecule has 0 aliphatic carbocycles. The zero-order chi connectivity index (χ0) is 13.7. The monoisotopic (exact) mass is 275 g/mol. The number of nitrogens with zero attached hydrogens (tertiary/aromatic N) is 2. The molecule has 100 valence electrons. The van der Waals surface area contributed by atoms with Gasteiger partial charge in [0.15, 0.2) is 0 Å². The Hall–Kier alpha value is -1.58. The molecule has 0 aliphatic heterocycles. The molecule has 1 aromatic carbocycles. The molecule has 3 nitrogen and oxygen atoms in total. The summed E-state index contributed by atoms with van der Waals surface area (Å²) >= 11 is 6.05. The van der Waals surface area contributed by atoms with Gasteiger partial charge in [0, 0.05) is 24.0 Å². The van der Waals surface area contributed by atoms with E-state index < -0.39 is 0 Å². The molecule has 2 rings (SSSR count). The second-order valence-electron chi connectivity index (χ2n) is 4.49. The van der Waals surface area contributed by atoms with Gasteiger partial charge in [0.2, 0.25) is 0 Å². The first-order valence-electron chi connectivity index (χ1n) is 6.30. The maximum atomic E-state index is 6.05. The van der Waals surface area contributed by atoms with Crippen molar-refractivity contribution in [3.05, 3.63) is 58.9 Å². The van der Waals surface area contributed by atoms with E-state index in [0.717, 1.165) is 29.4 Å². The van der Waals surface area contributed by atoms with Crippen LogP contribution in [-0.4, -0.2) is 18.6 Å². The van der Waals surface area contributed by atoms with Crippen molar-refractivity contribution in [3.8, 4) is 0 Å². The summed E-state index contributed by atoms with van der Waals surface area (Å²) in [6.07, 6.45) is 2.63. The Morgan fingerprint density at radius 1 is 1.26 bits per heavy atom. The average Bonchev–Trinajstić information content (AvgIpc) is 2.40. The SMILES string of the molecule is CN(Cc1ccccn1)c1ccc(Cl)cc1CCN. The van der Waals surface area contributed by atoms with Crippen LogP contribution in [0.15, 0.2) is 42.6 Å². The van der Waals surface area contributed by atoms with Crippen LogP contribution in [-0.2, 0) is 13.0 Å². The molecule has 4 heteroatoms. The molecular weight excluding hydrogens is 258 g/mol. The lowest BCUT2D eigenvalue weighted by molar-refractivity contribution is 0.866. The van der Waals surface area contributed by atoms with Crippen molar-refractivity contribution in [1.29, 1.82) is 0 Å². The van der Waals surface area contributed by atoms with Gasteiger partial charge in [0.05, 0.1) is 12.2 Å². The summed E-state index contributed by atoms with van der Waals surface area (Å²) in [4.78, 5) is 6.52. The number of benzene rings is 1. The second-order valence-corrected chi connectivity index (χ2v) is 4.93. The smallest absolute Gasteiger partial charge is 0.0598 e. The van der Waals surface area contributed by atoms with Gasteiger partial charge in [-0.25, -0.2) is 0 Å². The molecule has 0 amide bonds. The third kappa shape index (κ3) is 3.69. The maximum absolute atomic E-state index is 6.05. The molecule has 0 unspecified atom stereocenters. The summed E-state index contributed by atoms with van der Waals surface area (Å²) in [5.41, 5.74) is 9.03. The molecule has 0 radical (unpaired) electrons. The van der Waals surface area contributed by atoms with Gasteiger partial charge in [-0.2, -0.15) is 0 Å². The number of rotatable bonds is 5. The lowest BCUT2D eigenvalue weighted by atomic mass is 10.1. The Bertz CT molecular complexity index is 528. The van der Waals surface area contributed by atoms with E-state index in [0.29, 0.717) is 6.54 Å². The molecule has 0 bridgehead atoms. The van der Waals surface area contributed by atoms with Crippen LogP contribution in [0.25, 0.3) is 0 Å². The lowest BCUT2D eigenvalue weighted by Crippen LogP contribution is -2.19. The number of hydrogen-bond donors (Lipinski definition) is 1. The van der Waals surface area contributed by atoms with Crippen molar-refractivity contribution in [3.63, 3.8) is 0 Å². The average molecular weight is 276 g/mol. The van der Waals surface area contributed by atoms with E-state index in [1.807, 2.05) is 42.6 Å². The summed E-state index contributed by atoms with van der Waals surface area (Å²) in [7, 11) is 2.05. The number of nitrogens with two attached hydrogens (primary N) is 1. The number of halogens is 1. The van der Waals surface area contributed by atoms with Crippen LogP contribution in [0.1, 0.15) is 11.3 Å². The van der Waals surface area contributed by atoms with Crippen molar-refractivity contribution in [2.45, 2.75) is 13.0 Å². The van der Waals surface area contributed by atoms with Crippen molar-refractivity contribution in [2.75, 3.05) is 18.5 Å². The lowest BCUT2D eigenvalue weighted by Gasteiger charge is -2.22. The highest BCUT2D eigenvalue weighted by Crippen LogP contribution is 2.24.